The van der Waals surface area contributed by atoms with E-state index >= 15 is 0 Å². The third-order valence-electron chi connectivity index (χ3n) is 5.74. The molecular weight excluding hydrogens is 352 g/mol. The number of rotatable bonds is 22. The molecule has 0 heterocycles. The van der Waals surface area contributed by atoms with Crippen molar-refractivity contribution in [3.05, 3.63) is 0 Å². The molecule has 0 saturated carbocycles. The fourth-order valence-electron chi connectivity index (χ4n) is 3.82. The summed E-state index contributed by atoms with van der Waals surface area (Å²) in [5.74, 6) is -0.671. The largest absolute Gasteiger partial charge is 0.481 e. The lowest BCUT2D eigenvalue weighted by Gasteiger charge is -2.22. The van der Waals surface area contributed by atoms with Crippen LogP contribution in [0.2, 0.25) is 0 Å². The average Bonchev–Trinajstić information content (AvgIpc) is 2.69. The summed E-state index contributed by atoms with van der Waals surface area (Å²) in [5, 5.41) is 8.61. The van der Waals surface area contributed by atoms with E-state index < -0.39 is 5.97 Å². The Kier molecular flexibility index (Phi) is 20.6. The standard InChI is InChI=1S/C24H48O4/c1-4-5-6-7-12-15-18-22(27-2)21-23(28-3)19-16-13-10-8-9-11-14-17-20-24(25)26/h22-23H,4-21H2,1-3H3,(H,25,26). The fraction of sp³-hybridized carbons (Fsp3) is 0.958. The van der Waals surface area contributed by atoms with Gasteiger partial charge in [-0.25, -0.2) is 0 Å². The van der Waals surface area contributed by atoms with Gasteiger partial charge in [0.05, 0.1) is 12.2 Å². The molecule has 0 aromatic heterocycles. The van der Waals surface area contributed by atoms with Crippen LogP contribution in [0.1, 0.15) is 122 Å². The molecule has 0 aromatic rings. The summed E-state index contributed by atoms with van der Waals surface area (Å²) < 4.78 is 11.4. The van der Waals surface area contributed by atoms with Crippen LogP contribution in [0.15, 0.2) is 0 Å². The number of hydrogen-bond acceptors (Lipinski definition) is 3. The average molecular weight is 401 g/mol. The molecule has 0 rings (SSSR count). The van der Waals surface area contributed by atoms with Crippen molar-refractivity contribution < 1.29 is 19.4 Å². The number of hydrogen-bond donors (Lipinski definition) is 1. The minimum absolute atomic E-state index is 0.319. The van der Waals surface area contributed by atoms with Crippen molar-refractivity contribution in [2.45, 2.75) is 135 Å². The lowest BCUT2D eigenvalue weighted by molar-refractivity contribution is -0.137. The van der Waals surface area contributed by atoms with Gasteiger partial charge in [0, 0.05) is 20.6 Å². The second-order valence-electron chi connectivity index (χ2n) is 8.27. The van der Waals surface area contributed by atoms with Gasteiger partial charge in [-0.3, -0.25) is 4.79 Å². The highest BCUT2D eigenvalue weighted by Crippen LogP contribution is 2.19. The molecule has 4 nitrogen and oxygen atoms in total. The van der Waals surface area contributed by atoms with E-state index in [-0.39, 0.29) is 0 Å². The second kappa shape index (κ2) is 21.1. The van der Waals surface area contributed by atoms with Crippen LogP contribution >= 0.6 is 0 Å². The van der Waals surface area contributed by atoms with Crippen molar-refractivity contribution in [2.24, 2.45) is 0 Å². The van der Waals surface area contributed by atoms with Crippen LogP contribution in [0.3, 0.4) is 0 Å². The van der Waals surface area contributed by atoms with E-state index in [0.29, 0.717) is 18.6 Å². The molecule has 168 valence electrons. The Hall–Kier alpha value is -0.610. The minimum atomic E-state index is -0.671. The van der Waals surface area contributed by atoms with Gasteiger partial charge in [-0.15, -0.1) is 0 Å². The molecule has 0 saturated heterocycles. The monoisotopic (exact) mass is 400 g/mol. The molecule has 4 heteroatoms. The zero-order valence-electron chi connectivity index (χ0n) is 19.1. The first-order valence-corrected chi connectivity index (χ1v) is 11.9. The summed E-state index contributed by atoms with van der Waals surface area (Å²) in [6.07, 6.45) is 21.6. The third-order valence-corrected chi connectivity index (χ3v) is 5.74. The van der Waals surface area contributed by atoms with Crippen LogP contribution in [0.5, 0.6) is 0 Å². The first-order chi connectivity index (χ1) is 13.6. The molecule has 0 aliphatic carbocycles. The number of aliphatic carboxylic acids is 1. The molecule has 28 heavy (non-hydrogen) atoms. The summed E-state index contributed by atoms with van der Waals surface area (Å²) in [4.78, 5) is 10.5. The highest BCUT2D eigenvalue weighted by atomic mass is 16.5. The summed E-state index contributed by atoms with van der Waals surface area (Å²) in [6, 6.07) is 0. The van der Waals surface area contributed by atoms with E-state index in [9.17, 15) is 4.79 Å². The van der Waals surface area contributed by atoms with Crippen LogP contribution in [-0.4, -0.2) is 37.5 Å². The number of methoxy groups -OCH3 is 2. The van der Waals surface area contributed by atoms with E-state index in [4.69, 9.17) is 14.6 Å². The first kappa shape index (κ1) is 27.4. The molecule has 0 amide bonds. The van der Waals surface area contributed by atoms with Crippen molar-refractivity contribution >= 4 is 5.97 Å². The molecule has 0 fully saturated rings. The lowest BCUT2D eigenvalue weighted by Crippen LogP contribution is -2.21. The van der Waals surface area contributed by atoms with Gasteiger partial charge in [0.1, 0.15) is 0 Å². The molecule has 0 aromatic carbocycles. The predicted octanol–water partition coefficient (Wildman–Crippen LogP) is 7.14. The number of carboxylic acids is 1. The van der Waals surface area contributed by atoms with Gasteiger partial charge in [-0.2, -0.15) is 0 Å². The minimum Gasteiger partial charge on any atom is -0.481 e. The van der Waals surface area contributed by atoms with Crippen LogP contribution in [0.4, 0.5) is 0 Å². The Morgan fingerprint density at radius 3 is 1.46 bits per heavy atom. The molecule has 0 aliphatic rings. The van der Waals surface area contributed by atoms with Crippen molar-refractivity contribution in [3.63, 3.8) is 0 Å². The van der Waals surface area contributed by atoms with E-state index in [0.717, 1.165) is 32.1 Å². The third kappa shape index (κ3) is 18.7. The van der Waals surface area contributed by atoms with Gasteiger partial charge in [-0.05, 0) is 25.7 Å². The number of unbranched alkanes of at least 4 members (excludes halogenated alkanes) is 12. The Morgan fingerprint density at radius 1 is 0.679 bits per heavy atom. The molecule has 0 bridgehead atoms. The highest BCUT2D eigenvalue weighted by molar-refractivity contribution is 5.66. The van der Waals surface area contributed by atoms with Gasteiger partial charge < -0.3 is 14.6 Å². The Morgan fingerprint density at radius 2 is 1.07 bits per heavy atom. The molecule has 0 spiro atoms. The van der Waals surface area contributed by atoms with Gasteiger partial charge in [0.2, 0.25) is 0 Å². The maximum Gasteiger partial charge on any atom is 0.303 e. The fourth-order valence-corrected chi connectivity index (χ4v) is 3.82. The summed E-state index contributed by atoms with van der Waals surface area (Å²) in [7, 11) is 3.67. The number of ether oxygens (including phenoxy) is 2. The summed E-state index contributed by atoms with van der Waals surface area (Å²) in [5.41, 5.74) is 0. The van der Waals surface area contributed by atoms with Crippen molar-refractivity contribution in [2.75, 3.05) is 14.2 Å². The van der Waals surface area contributed by atoms with Crippen molar-refractivity contribution in [1.82, 2.24) is 0 Å². The second-order valence-corrected chi connectivity index (χ2v) is 8.27. The molecule has 2 atom stereocenters. The van der Waals surface area contributed by atoms with Crippen LogP contribution in [-0.2, 0) is 14.3 Å². The summed E-state index contributed by atoms with van der Waals surface area (Å²) >= 11 is 0. The van der Waals surface area contributed by atoms with E-state index in [2.05, 4.69) is 6.92 Å². The normalized spacial score (nSPS) is 13.5. The maximum absolute atomic E-state index is 10.5. The Balaban J connectivity index is 3.62. The van der Waals surface area contributed by atoms with E-state index in [1.54, 1.807) is 0 Å². The van der Waals surface area contributed by atoms with Gasteiger partial charge >= 0.3 is 5.97 Å². The Bertz CT molecular complexity index is 333. The van der Waals surface area contributed by atoms with Gasteiger partial charge in [0.25, 0.3) is 0 Å². The van der Waals surface area contributed by atoms with Crippen LogP contribution in [0.25, 0.3) is 0 Å². The van der Waals surface area contributed by atoms with Crippen molar-refractivity contribution in [1.29, 1.82) is 0 Å². The van der Waals surface area contributed by atoms with E-state index in [1.165, 1.54) is 77.0 Å². The SMILES string of the molecule is CCCCCCCCC(CC(CCCCCCCCCCC(=O)O)OC)OC. The Labute approximate surface area is 174 Å². The van der Waals surface area contributed by atoms with Gasteiger partial charge in [-0.1, -0.05) is 90.4 Å². The van der Waals surface area contributed by atoms with Crippen molar-refractivity contribution in [3.8, 4) is 0 Å². The number of carboxylic acid groups (broad SMARTS) is 1. The first-order valence-electron chi connectivity index (χ1n) is 11.9. The highest BCUT2D eigenvalue weighted by Gasteiger charge is 2.15. The molecule has 0 aliphatic heterocycles. The quantitative estimate of drug-likeness (QED) is 0.196. The molecular formula is C24H48O4. The smallest absolute Gasteiger partial charge is 0.303 e. The predicted molar refractivity (Wildman–Crippen MR) is 118 cm³/mol. The van der Waals surface area contributed by atoms with Crippen LogP contribution < -0.4 is 0 Å². The lowest BCUT2D eigenvalue weighted by atomic mass is 9.99. The van der Waals surface area contributed by atoms with Crippen LogP contribution in [0, 0.1) is 0 Å². The zero-order valence-corrected chi connectivity index (χ0v) is 19.1. The molecule has 2 unspecified atom stereocenters. The topological polar surface area (TPSA) is 55.8 Å². The summed E-state index contributed by atoms with van der Waals surface area (Å²) in [6.45, 7) is 2.26. The zero-order chi connectivity index (χ0) is 20.9. The number of carbonyl (C=O) groups is 1. The maximum atomic E-state index is 10.5. The van der Waals surface area contributed by atoms with Gasteiger partial charge in [0.15, 0.2) is 0 Å². The molecule has 1 N–H and O–H groups in total. The van der Waals surface area contributed by atoms with E-state index in [1.807, 2.05) is 14.2 Å². The molecule has 0 radical (unpaired) electrons.